The van der Waals surface area contributed by atoms with Gasteiger partial charge in [0.15, 0.2) is 0 Å². The molecular weight excluding hydrogens is 264 g/mol. The van der Waals surface area contributed by atoms with E-state index in [1.165, 1.54) is 12.8 Å². The quantitative estimate of drug-likeness (QED) is 0.630. The van der Waals surface area contributed by atoms with Crippen molar-refractivity contribution in [1.82, 2.24) is 10.2 Å². The number of carbonyl (C=O) groups is 1. The van der Waals surface area contributed by atoms with E-state index in [2.05, 4.69) is 37.9 Å². The fourth-order valence-corrected chi connectivity index (χ4v) is 2.72. The van der Waals surface area contributed by atoms with E-state index in [4.69, 9.17) is 4.74 Å². The SMILES string of the molecule is CCOC(=O)C(C)(CCN(CC1CC1)C(C)C)NC(C)C. The number of ether oxygens (including phenoxy) is 1. The molecule has 0 aromatic rings. The summed E-state index contributed by atoms with van der Waals surface area (Å²) in [5.41, 5.74) is -0.596. The number of rotatable bonds is 10. The van der Waals surface area contributed by atoms with Crippen LogP contribution in [0.3, 0.4) is 0 Å². The Balaban J connectivity index is 2.62. The van der Waals surface area contributed by atoms with Crippen molar-refractivity contribution in [2.45, 2.75) is 78.4 Å². The Morgan fingerprint density at radius 2 is 1.95 bits per heavy atom. The highest BCUT2D eigenvalue weighted by Gasteiger charge is 2.36. The lowest BCUT2D eigenvalue weighted by Crippen LogP contribution is -2.55. The Morgan fingerprint density at radius 3 is 2.38 bits per heavy atom. The van der Waals surface area contributed by atoms with Crippen LogP contribution >= 0.6 is 0 Å². The Morgan fingerprint density at radius 1 is 1.33 bits per heavy atom. The van der Waals surface area contributed by atoms with Gasteiger partial charge in [0.05, 0.1) is 6.61 Å². The first-order chi connectivity index (χ1) is 9.78. The predicted octanol–water partition coefficient (Wildman–Crippen LogP) is 2.82. The third-order valence-corrected chi connectivity index (χ3v) is 4.15. The van der Waals surface area contributed by atoms with E-state index in [1.807, 2.05) is 13.8 Å². The molecule has 124 valence electrons. The molecule has 0 spiro atoms. The minimum absolute atomic E-state index is 0.131. The van der Waals surface area contributed by atoms with Crippen molar-refractivity contribution in [1.29, 1.82) is 0 Å². The van der Waals surface area contributed by atoms with Crippen LogP contribution in [-0.2, 0) is 9.53 Å². The van der Waals surface area contributed by atoms with E-state index < -0.39 is 5.54 Å². The van der Waals surface area contributed by atoms with Gasteiger partial charge in [0.25, 0.3) is 0 Å². The lowest BCUT2D eigenvalue weighted by molar-refractivity contribution is -0.151. The molecule has 1 N–H and O–H groups in total. The third-order valence-electron chi connectivity index (χ3n) is 4.15. The highest BCUT2D eigenvalue weighted by molar-refractivity contribution is 5.80. The lowest BCUT2D eigenvalue weighted by atomic mass is 9.96. The molecule has 1 aliphatic rings. The van der Waals surface area contributed by atoms with Crippen molar-refractivity contribution >= 4 is 5.97 Å². The number of nitrogens with one attached hydrogen (secondary N) is 1. The molecule has 0 bridgehead atoms. The maximum absolute atomic E-state index is 12.3. The molecule has 21 heavy (non-hydrogen) atoms. The van der Waals surface area contributed by atoms with Crippen LogP contribution in [0.2, 0.25) is 0 Å². The summed E-state index contributed by atoms with van der Waals surface area (Å²) in [6, 6.07) is 0.784. The molecule has 1 rings (SSSR count). The van der Waals surface area contributed by atoms with Gasteiger partial charge in [-0.05, 0) is 66.7 Å². The maximum atomic E-state index is 12.3. The summed E-state index contributed by atoms with van der Waals surface area (Å²) in [7, 11) is 0. The van der Waals surface area contributed by atoms with Crippen LogP contribution < -0.4 is 5.32 Å². The summed E-state index contributed by atoms with van der Waals surface area (Å²) >= 11 is 0. The second-order valence-corrected chi connectivity index (χ2v) is 7.13. The maximum Gasteiger partial charge on any atom is 0.326 e. The molecule has 1 unspecified atom stereocenters. The number of esters is 1. The van der Waals surface area contributed by atoms with E-state index in [9.17, 15) is 4.79 Å². The zero-order valence-electron chi connectivity index (χ0n) is 14.7. The summed E-state index contributed by atoms with van der Waals surface area (Å²) in [5.74, 6) is 0.744. The van der Waals surface area contributed by atoms with E-state index in [-0.39, 0.29) is 12.0 Å². The molecule has 0 heterocycles. The molecule has 0 radical (unpaired) electrons. The molecule has 0 saturated heterocycles. The monoisotopic (exact) mass is 298 g/mol. The van der Waals surface area contributed by atoms with Crippen molar-refractivity contribution in [3.05, 3.63) is 0 Å². The van der Waals surface area contributed by atoms with Gasteiger partial charge in [-0.25, -0.2) is 0 Å². The first kappa shape index (κ1) is 18.4. The van der Waals surface area contributed by atoms with E-state index in [0.717, 1.165) is 25.4 Å². The standard InChI is InChI=1S/C17H34N2O2/c1-7-21-16(20)17(6,18-13(2)3)10-11-19(14(4)5)12-15-8-9-15/h13-15,18H,7-12H2,1-6H3. The van der Waals surface area contributed by atoms with Gasteiger partial charge in [-0.15, -0.1) is 0 Å². The number of hydrogen-bond acceptors (Lipinski definition) is 4. The van der Waals surface area contributed by atoms with Gasteiger partial charge < -0.3 is 9.64 Å². The van der Waals surface area contributed by atoms with Crippen LogP contribution in [0.15, 0.2) is 0 Å². The van der Waals surface area contributed by atoms with Crippen molar-refractivity contribution in [2.24, 2.45) is 5.92 Å². The summed E-state index contributed by atoms with van der Waals surface area (Å²) in [5, 5.41) is 3.40. The van der Waals surface area contributed by atoms with Crippen molar-refractivity contribution in [3.63, 3.8) is 0 Å². The lowest BCUT2D eigenvalue weighted by Gasteiger charge is -2.34. The molecule has 4 heteroatoms. The summed E-state index contributed by atoms with van der Waals surface area (Å²) < 4.78 is 5.27. The first-order valence-electron chi connectivity index (χ1n) is 8.47. The second-order valence-electron chi connectivity index (χ2n) is 7.13. The molecular formula is C17H34N2O2. The fourth-order valence-electron chi connectivity index (χ4n) is 2.72. The van der Waals surface area contributed by atoms with Gasteiger partial charge in [-0.2, -0.15) is 0 Å². The van der Waals surface area contributed by atoms with Gasteiger partial charge in [0.1, 0.15) is 5.54 Å². The zero-order valence-corrected chi connectivity index (χ0v) is 14.7. The molecule has 0 aliphatic heterocycles. The molecule has 1 atom stereocenters. The number of nitrogens with zero attached hydrogens (tertiary/aromatic N) is 1. The third kappa shape index (κ3) is 6.35. The van der Waals surface area contributed by atoms with Crippen molar-refractivity contribution in [3.8, 4) is 0 Å². The molecule has 0 amide bonds. The Hall–Kier alpha value is -0.610. The first-order valence-corrected chi connectivity index (χ1v) is 8.47. The summed E-state index contributed by atoms with van der Waals surface area (Å²) in [6.07, 6.45) is 3.51. The van der Waals surface area contributed by atoms with E-state index in [1.54, 1.807) is 0 Å². The molecule has 1 aliphatic carbocycles. The molecule has 0 aromatic carbocycles. The minimum Gasteiger partial charge on any atom is -0.465 e. The van der Waals surface area contributed by atoms with E-state index in [0.29, 0.717) is 12.6 Å². The van der Waals surface area contributed by atoms with Crippen LogP contribution in [0.5, 0.6) is 0 Å². The van der Waals surface area contributed by atoms with Gasteiger partial charge in [-0.1, -0.05) is 0 Å². The number of hydrogen-bond donors (Lipinski definition) is 1. The molecule has 4 nitrogen and oxygen atoms in total. The Bertz CT molecular complexity index is 327. The normalized spacial score (nSPS) is 18.3. The largest absolute Gasteiger partial charge is 0.465 e. The van der Waals surface area contributed by atoms with Gasteiger partial charge in [-0.3, -0.25) is 10.1 Å². The van der Waals surface area contributed by atoms with Crippen LogP contribution in [0.1, 0.15) is 60.8 Å². The summed E-state index contributed by atoms with van der Waals surface area (Å²) in [4.78, 5) is 14.8. The minimum atomic E-state index is -0.596. The topological polar surface area (TPSA) is 41.6 Å². The van der Waals surface area contributed by atoms with Crippen LogP contribution in [0, 0.1) is 5.92 Å². The Kier molecular flexibility index (Phi) is 7.14. The highest BCUT2D eigenvalue weighted by Crippen LogP contribution is 2.30. The van der Waals surface area contributed by atoms with Gasteiger partial charge in [0, 0.05) is 25.2 Å². The van der Waals surface area contributed by atoms with Gasteiger partial charge >= 0.3 is 5.97 Å². The average molecular weight is 298 g/mol. The summed E-state index contributed by atoms with van der Waals surface area (Å²) in [6.45, 7) is 15.0. The zero-order chi connectivity index (χ0) is 16.0. The van der Waals surface area contributed by atoms with Crippen molar-refractivity contribution < 1.29 is 9.53 Å². The smallest absolute Gasteiger partial charge is 0.326 e. The van der Waals surface area contributed by atoms with Crippen molar-refractivity contribution in [2.75, 3.05) is 19.7 Å². The van der Waals surface area contributed by atoms with E-state index >= 15 is 0 Å². The van der Waals surface area contributed by atoms with Crippen LogP contribution in [0.25, 0.3) is 0 Å². The molecule has 0 aromatic heterocycles. The molecule has 1 fully saturated rings. The average Bonchev–Trinajstić information content (AvgIpc) is 3.17. The number of carbonyl (C=O) groups excluding carboxylic acids is 1. The fraction of sp³-hybridized carbons (Fsp3) is 0.941. The Labute approximate surface area is 130 Å². The highest BCUT2D eigenvalue weighted by atomic mass is 16.5. The van der Waals surface area contributed by atoms with Crippen LogP contribution in [0.4, 0.5) is 0 Å². The second kappa shape index (κ2) is 8.14. The van der Waals surface area contributed by atoms with Gasteiger partial charge in [0.2, 0.25) is 0 Å². The predicted molar refractivity (Wildman–Crippen MR) is 87.4 cm³/mol. The van der Waals surface area contributed by atoms with Crippen LogP contribution in [-0.4, -0.2) is 48.2 Å². The molecule has 1 saturated carbocycles.